The molecule has 122 valence electrons. The maximum Gasteiger partial charge on any atom is 0.165 e. The van der Waals surface area contributed by atoms with Crippen LogP contribution in [-0.4, -0.2) is 36.2 Å². The second-order valence-electron chi connectivity index (χ2n) is 6.42. The predicted molar refractivity (Wildman–Crippen MR) is 81.8 cm³/mol. The van der Waals surface area contributed by atoms with Crippen LogP contribution in [0.1, 0.15) is 43.7 Å². The van der Waals surface area contributed by atoms with E-state index in [-0.39, 0.29) is 17.5 Å². The Bertz CT molecular complexity index is 494. The Morgan fingerprint density at radius 2 is 1.68 bits per heavy atom. The van der Waals surface area contributed by atoms with Crippen LogP contribution < -0.4 is 5.32 Å². The van der Waals surface area contributed by atoms with Gasteiger partial charge in [-0.1, -0.05) is 19.3 Å². The molecule has 0 radical (unpaired) electrons. The Labute approximate surface area is 130 Å². The first kappa shape index (κ1) is 15.7. The Hall–Kier alpha value is -1.20. The molecule has 2 aliphatic rings. The van der Waals surface area contributed by atoms with Crippen LogP contribution in [-0.2, 0) is 0 Å². The van der Waals surface area contributed by atoms with Gasteiger partial charge in [0.25, 0.3) is 0 Å². The molecule has 0 amide bonds. The van der Waals surface area contributed by atoms with Crippen molar-refractivity contribution in [2.24, 2.45) is 5.92 Å². The lowest BCUT2D eigenvalue weighted by Gasteiger charge is -2.41. The molecule has 22 heavy (non-hydrogen) atoms. The molecule has 3 nitrogen and oxygen atoms in total. The molecule has 2 fully saturated rings. The van der Waals surface area contributed by atoms with E-state index in [1.807, 2.05) is 0 Å². The zero-order chi connectivity index (χ0) is 15.5. The number of phenols is 1. The Morgan fingerprint density at radius 1 is 1.05 bits per heavy atom. The monoisotopic (exact) mass is 310 g/mol. The lowest BCUT2D eigenvalue weighted by Crippen LogP contribution is -2.47. The Kier molecular flexibility index (Phi) is 4.93. The number of nitrogens with one attached hydrogen (secondary N) is 1. The topological polar surface area (TPSA) is 35.5 Å². The number of rotatable bonds is 3. The average Bonchev–Trinajstić information content (AvgIpc) is 2.57. The fourth-order valence-corrected chi connectivity index (χ4v) is 3.96. The normalized spacial score (nSPS) is 22.6. The molecular formula is C17H24F2N2O. The third kappa shape index (κ3) is 3.10. The molecule has 1 aliphatic carbocycles. The Morgan fingerprint density at radius 3 is 2.36 bits per heavy atom. The lowest BCUT2D eigenvalue weighted by atomic mass is 9.79. The van der Waals surface area contributed by atoms with Crippen molar-refractivity contribution in [3.63, 3.8) is 0 Å². The van der Waals surface area contributed by atoms with E-state index in [4.69, 9.17) is 0 Å². The van der Waals surface area contributed by atoms with E-state index < -0.39 is 17.4 Å². The molecule has 0 spiro atoms. The maximum absolute atomic E-state index is 14.4. The summed E-state index contributed by atoms with van der Waals surface area (Å²) in [7, 11) is 0. The number of halogens is 2. The first-order chi connectivity index (χ1) is 10.7. The number of hydrogen-bond acceptors (Lipinski definition) is 3. The van der Waals surface area contributed by atoms with Crippen LogP contribution >= 0.6 is 0 Å². The summed E-state index contributed by atoms with van der Waals surface area (Å²) in [6.45, 7) is 3.30. The molecule has 1 atom stereocenters. The van der Waals surface area contributed by atoms with Crippen molar-refractivity contribution in [1.29, 1.82) is 0 Å². The second-order valence-corrected chi connectivity index (χ2v) is 6.42. The number of benzene rings is 1. The van der Waals surface area contributed by atoms with Gasteiger partial charge in [-0.05, 0) is 30.9 Å². The van der Waals surface area contributed by atoms with Crippen molar-refractivity contribution < 1.29 is 13.9 Å². The van der Waals surface area contributed by atoms with Crippen molar-refractivity contribution in [2.45, 2.75) is 38.1 Å². The summed E-state index contributed by atoms with van der Waals surface area (Å²) in [5.74, 6) is -1.44. The van der Waals surface area contributed by atoms with Gasteiger partial charge in [-0.25, -0.2) is 8.78 Å². The highest BCUT2D eigenvalue weighted by molar-refractivity contribution is 5.38. The summed E-state index contributed by atoms with van der Waals surface area (Å²) in [6.07, 6.45) is 5.51. The number of piperazine rings is 1. The zero-order valence-electron chi connectivity index (χ0n) is 12.8. The van der Waals surface area contributed by atoms with Crippen LogP contribution in [0.2, 0.25) is 0 Å². The highest BCUT2D eigenvalue weighted by atomic mass is 19.1. The summed E-state index contributed by atoms with van der Waals surface area (Å²) in [5, 5.41) is 13.4. The summed E-state index contributed by atoms with van der Waals surface area (Å²) < 4.78 is 28.2. The SMILES string of the molecule is Oc1c(F)ccc(F)c1[C@@H](C1CCCCC1)N1CCNCC1. The van der Waals surface area contributed by atoms with Gasteiger partial charge in [-0.3, -0.25) is 4.90 Å². The third-order valence-electron chi connectivity index (χ3n) is 5.05. The molecule has 0 bridgehead atoms. The lowest BCUT2D eigenvalue weighted by molar-refractivity contribution is 0.0979. The first-order valence-electron chi connectivity index (χ1n) is 8.30. The second kappa shape index (κ2) is 6.92. The van der Waals surface area contributed by atoms with Gasteiger partial charge >= 0.3 is 0 Å². The van der Waals surface area contributed by atoms with E-state index in [9.17, 15) is 13.9 Å². The molecule has 0 unspecified atom stereocenters. The number of aromatic hydroxyl groups is 1. The van der Waals surface area contributed by atoms with Crippen LogP contribution in [0, 0.1) is 17.6 Å². The predicted octanol–water partition coefficient (Wildman–Crippen LogP) is 3.20. The summed E-state index contributed by atoms with van der Waals surface area (Å²) in [4.78, 5) is 2.21. The third-order valence-corrected chi connectivity index (χ3v) is 5.05. The van der Waals surface area contributed by atoms with Gasteiger partial charge in [-0.2, -0.15) is 0 Å². The molecular weight excluding hydrogens is 286 g/mol. The molecule has 1 aromatic rings. The largest absolute Gasteiger partial charge is 0.505 e. The van der Waals surface area contributed by atoms with E-state index in [1.54, 1.807) is 0 Å². The fraction of sp³-hybridized carbons (Fsp3) is 0.647. The van der Waals surface area contributed by atoms with Crippen LogP contribution in [0.3, 0.4) is 0 Å². The van der Waals surface area contributed by atoms with E-state index in [0.29, 0.717) is 0 Å². The summed E-state index contributed by atoms with van der Waals surface area (Å²) >= 11 is 0. The van der Waals surface area contributed by atoms with Crippen molar-refractivity contribution in [3.8, 4) is 5.75 Å². The molecule has 1 saturated heterocycles. The van der Waals surface area contributed by atoms with Crippen molar-refractivity contribution in [3.05, 3.63) is 29.3 Å². The molecule has 1 aromatic carbocycles. The van der Waals surface area contributed by atoms with Crippen molar-refractivity contribution in [1.82, 2.24) is 10.2 Å². The van der Waals surface area contributed by atoms with Gasteiger partial charge < -0.3 is 10.4 Å². The molecule has 1 aliphatic heterocycles. The standard InChI is InChI=1S/C17H24F2N2O/c18-13-6-7-14(19)17(22)15(13)16(12-4-2-1-3-5-12)21-10-8-20-9-11-21/h6-7,12,16,20,22H,1-5,8-11H2/t16-/m1/s1. The highest BCUT2D eigenvalue weighted by Gasteiger charge is 2.35. The first-order valence-corrected chi connectivity index (χ1v) is 8.30. The average molecular weight is 310 g/mol. The molecule has 3 rings (SSSR count). The van der Waals surface area contributed by atoms with Crippen LogP contribution in [0.25, 0.3) is 0 Å². The maximum atomic E-state index is 14.4. The van der Waals surface area contributed by atoms with Gasteiger partial charge in [-0.15, -0.1) is 0 Å². The highest BCUT2D eigenvalue weighted by Crippen LogP contribution is 2.43. The number of hydrogen-bond donors (Lipinski definition) is 2. The van der Waals surface area contributed by atoms with Gasteiger partial charge in [0.15, 0.2) is 11.6 Å². The molecule has 1 heterocycles. The van der Waals surface area contributed by atoms with Gasteiger partial charge in [0, 0.05) is 32.2 Å². The minimum atomic E-state index is -0.729. The fourth-order valence-electron chi connectivity index (χ4n) is 3.96. The quantitative estimate of drug-likeness (QED) is 0.900. The van der Waals surface area contributed by atoms with Gasteiger partial charge in [0.1, 0.15) is 5.82 Å². The number of nitrogens with zero attached hydrogens (tertiary/aromatic N) is 1. The minimum Gasteiger partial charge on any atom is -0.505 e. The van der Waals surface area contributed by atoms with Gasteiger partial charge in [0.2, 0.25) is 0 Å². The van der Waals surface area contributed by atoms with Gasteiger partial charge in [0.05, 0.1) is 5.56 Å². The molecule has 5 heteroatoms. The van der Waals surface area contributed by atoms with Crippen LogP contribution in [0.4, 0.5) is 8.78 Å². The van der Waals surface area contributed by atoms with E-state index in [1.165, 1.54) is 6.42 Å². The summed E-state index contributed by atoms with van der Waals surface area (Å²) in [6, 6.07) is 1.92. The van der Waals surface area contributed by atoms with E-state index in [0.717, 1.165) is 64.0 Å². The van der Waals surface area contributed by atoms with Crippen molar-refractivity contribution >= 4 is 0 Å². The van der Waals surface area contributed by atoms with Crippen LogP contribution in [0.5, 0.6) is 5.75 Å². The zero-order valence-corrected chi connectivity index (χ0v) is 12.8. The van der Waals surface area contributed by atoms with Crippen molar-refractivity contribution in [2.75, 3.05) is 26.2 Å². The van der Waals surface area contributed by atoms with E-state index in [2.05, 4.69) is 10.2 Å². The smallest absolute Gasteiger partial charge is 0.165 e. The molecule has 1 saturated carbocycles. The minimum absolute atomic E-state index is 0.161. The molecule has 0 aromatic heterocycles. The molecule has 2 N–H and O–H groups in total. The number of phenolic OH excluding ortho intramolecular Hbond substituents is 1. The van der Waals surface area contributed by atoms with E-state index >= 15 is 0 Å². The summed E-state index contributed by atoms with van der Waals surface area (Å²) in [5.41, 5.74) is 0.161. The Balaban J connectivity index is 1.98. The van der Waals surface area contributed by atoms with Crippen LogP contribution in [0.15, 0.2) is 12.1 Å².